The van der Waals surface area contributed by atoms with Crippen molar-refractivity contribution >= 4 is 16.9 Å². The molecule has 0 saturated carbocycles. The van der Waals surface area contributed by atoms with E-state index in [4.69, 9.17) is 4.74 Å². The monoisotopic (exact) mass is 403 g/mol. The van der Waals surface area contributed by atoms with Crippen LogP contribution in [0, 0.1) is 0 Å². The summed E-state index contributed by atoms with van der Waals surface area (Å²) in [4.78, 5) is 21.8. The minimum atomic E-state index is -2.93. The number of aromatic amines is 1. The lowest BCUT2D eigenvalue weighted by Gasteiger charge is -2.18. The van der Waals surface area contributed by atoms with Crippen LogP contribution in [0.2, 0.25) is 0 Å². The summed E-state index contributed by atoms with van der Waals surface area (Å²) in [5, 5.41) is 0. The average Bonchev–Trinajstić information content (AvgIpc) is 3.11. The maximum atomic E-state index is 12.5. The van der Waals surface area contributed by atoms with Gasteiger partial charge in [0, 0.05) is 26.4 Å². The van der Waals surface area contributed by atoms with Crippen molar-refractivity contribution in [3.8, 4) is 11.5 Å². The number of halogens is 2. The van der Waals surface area contributed by atoms with Gasteiger partial charge in [-0.1, -0.05) is 18.2 Å². The number of rotatable bonds is 9. The Balaban J connectivity index is 1.60. The van der Waals surface area contributed by atoms with E-state index in [1.54, 1.807) is 31.0 Å². The number of aryl methyl sites for hydroxylation is 1. The molecular weight excluding hydrogens is 380 g/mol. The molecule has 0 atom stereocenters. The van der Waals surface area contributed by atoms with Crippen LogP contribution < -0.4 is 9.47 Å². The highest BCUT2D eigenvalue weighted by Gasteiger charge is 2.15. The van der Waals surface area contributed by atoms with Crippen LogP contribution in [-0.4, -0.2) is 41.0 Å². The number of ether oxygens (including phenoxy) is 2. The standard InChI is InChI=1S/C21H23F2N3O3/c1-3-28-18-12-14(8-9-17(18)29-21(22)23)13-26(2)20(27)11-10-19-24-15-6-4-5-7-16(15)25-19/h4-9,12,21H,3,10-11,13H2,1-2H3,(H,24,25). The molecule has 0 radical (unpaired) electrons. The Hall–Kier alpha value is -3.16. The topological polar surface area (TPSA) is 67.5 Å². The second kappa shape index (κ2) is 9.36. The van der Waals surface area contributed by atoms with Crippen LogP contribution in [0.4, 0.5) is 8.78 Å². The first-order valence-electron chi connectivity index (χ1n) is 9.34. The van der Waals surface area contributed by atoms with Gasteiger partial charge in [0.2, 0.25) is 5.91 Å². The molecule has 3 aromatic rings. The number of imidazole rings is 1. The van der Waals surface area contributed by atoms with Crippen molar-refractivity contribution in [3.05, 3.63) is 53.9 Å². The van der Waals surface area contributed by atoms with Gasteiger partial charge in [-0.05, 0) is 36.8 Å². The highest BCUT2D eigenvalue weighted by molar-refractivity contribution is 5.77. The predicted molar refractivity (Wildman–Crippen MR) is 105 cm³/mol. The lowest BCUT2D eigenvalue weighted by atomic mass is 10.1. The van der Waals surface area contributed by atoms with Crippen molar-refractivity contribution in [2.24, 2.45) is 0 Å². The lowest BCUT2D eigenvalue weighted by molar-refractivity contribution is -0.130. The third-order valence-corrected chi connectivity index (χ3v) is 4.38. The number of carbonyl (C=O) groups excluding carboxylic acids is 1. The molecule has 2 aromatic carbocycles. The van der Waals surface area contributed by atoms with E-state index < -0.39 is 6.61 Å². The minimum Gasteiger partial charge on any atom is -0.490 e. The van der Waals surface area contributed by atoms with Gasteiger partial charge in [0.15, 0.2) is 11.5 Å². The van der Waals surface area contributed by atoms with Crippen LogP contribution in [0.15, 0.2) is 42.5 Å². The summed E-state index contributed by atoms with van der Waals surface area (Å²) in [5.74, 6) is 0.925. The van der Waals surface area contributed by atoms with E-state index in [9.17, 15) is 13.6 Å². The summed E-state index contributed by atoms with van der Waals surface area (Å²) in [7, 11) is 1.70. The molecule has 29 heavy (non-hydrogen) atoms. The van der Waals surface area contributed by atoms with E-state index in [0.29, 0.717) is 26.0 Å². The van der Waals surface area contributed by atoms with Crippen LogP contribution in [0.5, 0.6) is 11.5 Å². The van der Waals surface area contributed by atoms with Gasteiger partial charge in [-0.15, -0.1) is 0 Å². The van der Waals surface area contributed by atoms with Gasteiger partial charge in [-0.25, -0.2) is 4.98 Å². The van der Waals surface area contributed by atoms with Gasteiger partial charge in [-0.3, -0.25) is 4.79 Å². The highest BCUT2D eigenvalue weighted by Crippen LogP contribution is 2.30. The number of fused-ring (bicyclic) bond motifs is 1. The zero-order chi connectivity index (χ0) is 20.8. The molecule has 154 valence electrons. The molecule has 6 nitrogen and oxygen atoms in total. The smallest absolute Gasteiger partial charge is 0.387 e. The van der Waals surface area contributed by atoms with E-state index in [0.717, 1.165) is 22.4 Å². The summed E-state index contributed by atoms with van der Waals surface area (Å²) in [6.07, 6.45) is 0.810. The number of nitrogens with one attached hydrogen (secondary N) is 1. The summed E-state index contributed by atoms with van der Waals surface area (Å²) in [5.41, 5.74) is 2.57. The summed E-state index contributed by atoms with van der Waals surface area (Å²) >= 11 is 0. The second-order valence-corrected chi connectivity index (χ2v) is 6.54. The largest absolute Gasteiger partial charge is 0.490 e. The van der Waals surface area contributed by atoms with Crippen LogP contribution in [-0.2, 0) is 17.8 Å². The average molecular weight is 403 g/mol. The number of alkyl halides is 2. The van der Waals surface area contributed by atoms with Gasteiger partial charge in [0.05, 0.1) is 17.6 Å². The van der Waals surface area contributed by atoms with Gasteiger partial charge in [0.25, 0.3) is 0 Å². The molecule has 0 bridgehead atoms. The van der Waals surface area contributed by atoms with Crippen LogP contribution >= 0.6 is 0 Å². The normalized spacial score (nSPS) is 11.1. The number of aromatic nitrogens is 2. The number of nitrogens with zero attached hydrogens (tertiary/aromatic N) is 2. The van der Waals surface area contributed by atoms with Crippen LogP contribution in [0.25, 0.3) is 11.0 Å². The zero-order valence-electron chi connectivity index (χ0n) is 16.3. The molecule has 3 rings (SSSR count). The SMILES string of the molecule is CCOc1cc(CN(C)C(=O)CCc2nc3ccccc3[nH]2)ccc1OC(F)F. The van der Waals surface area contributed by atoms with Crippen molar-refractivity contribution in [1.29, 1.82) is 0 Å². The molecule has 0 aliphatic heterocycles. The van der Waals surface area contributed by atoms with Gasteiger partial charge in [-0.2, -0.15) is 8.78 Å². The predicted octanol–water partition coefficient (Wildman–Crippen LogP) is 4.15. The molecular formula is C21H23F2N3O3. The Morgan fingerprint density at radius 2 is 2.00 bits per heavy atom. The number of benzene rings is 2. The number of carbonyl (C=O) groups is 1. The molecule has 0 fully saturated rings. The third-order valence-electron chi connectivity index (χ3n) is 4.38. The minimum absolute atomic E-state index is 0.0236. The molecule has 0 saturated heterocycles. The lowest BCUT2D eigenvalue weighted by Crippen LogP contribution is -2.26. The number of H-pyrrole nitrogens is 1. The first-order valence-corrected chi connectivity index (χ1v) is 9.34. The quantitative estimate of drug-likeness (QED) is 0.583. The third kappa shape index (κ3) is 5.43. The van der Waals surface area contributed by atoms with E-state index in [1.807, 2.05) is 24.3 Å². The van der Waals surface area contributed by atoms with E-state index >= 15 is 0 Å². The van der Waals surface area contributed by atoms with Crippen molar-refractivity contribution in [2.75, 3.05) is 13.7 Å². The van der Waals surface area contributed by atoms with Crippen LogP contribution in [0.1, 0.15) is 24.7 Å². The van der Waals surface area contributed by atoms with Crippen molar-refractivity contribution in [3.63, 3.8) is 0 Å². The maximum Gasteiger partial charge on any atom is 0.387 e. The summed E-state index contributed by atoms with van der Waals surface area (Å²) < 4.78 is 34.9. The molecule has 1 aromatic heterocycles. The number of hydrogen-bond acceptors (Lipinski definition) is 4. The number of amides is 1. The second-order valence-electron chi connectivity index (χ2n) is 6.54. The summed E-state index contributed by atoms with van der Waals surface area (Å²) in [6.45, 7) is -0.530. The first kappa shape index (κ1) is 20.6. The summed E-state index contributed by atoms with van der Waals surface area (Å²) in [6, 6.07) is 12.4. The van der Waals surface area contributed by atoms with Crippen molar-refractivity contribution < 1.29 is 23.0 Å². The maximum absolute atomic E-state index is 12.5. The Labute approximate surface area is 167 Å². The van der Waals surface area contributed by atoms with E-state index in [-0.39, 0.29) is 17.4 Å². The zero-order valence-corrected chi connectivity index (χ0v) is 16.3. The molecule has 0 unspecified atom stereocenters. The molecule has 0 spiro atoms. The number of para-hydroxylation sites is 2. The fraction of sp³-hybridized carbons (Fsp3) is 0.333. The Morgan fingerprint density at radius 3 is 2.72 bits per heavy atom. The van der Waals surface area contributed by atoms with E-state index in [2.05, 4.69) is 14.7 Å². The molecule has 8 heteroatoms. The molecule has 0 aliphatic carbocycles. The van der Waals surface area contributed by atoms with E-state index in [1.165, 1.54) is 6.07 Å². The van der Waals surface area contributed by atoms with Crippen LogP contribution in [0.3, 0.4) is 0 Å². The fourth-order valence-corrected chi connectivity index (χ4v) is 3.01. The van der Waals surface area contributed by atoms with Crippen molar-refractivity contribution in [2.45, 2.75) is 32.9 Å². The molecule has 0 aliphatic rings. The van der Waals surface area contributed by atoms with Gasteiger partial charge < -0.3 is 19.4 Å². The molecule has 1 N–H and O–H groups in total. The highest BCUT2D eigenvalue weighted by atomic mass is 19.3. The van der Waals surface area contributed by atoms with Crippen molar-refractivity contribution in [1.82, 2.24) is 14.9 Å². The number of hydrogen-bond donors (Lipinski definition) is 1. The Bertz CT molecular complexity index is 942. The first-order chi connectivity index (χ1) is 14.0. The van der Waals surface area contributed by atoms with Gasteiger partial charge in [0.1, 0.15) is 5.82 Å². The Kier molecular flexibility index (Phi) is 6.64. The molecule has 1 amide bonds. The Morgan fingerprint density at radius 1 is 1.21 bits per heavy atom. The van der Waals surface area contributed by atoms with Gasteiger partial charge >= 0.3 is 6.61 Å². The molecule has 1 heterocycles. The fourth-order valence-electron chi connectivity index (χ4n) is 3.01.